The molecule has 0 amide bonds. The summed E-state index contributed by atoms with van der Waals surface area (Å²) in [5.41, 5.74) is 2.24. The molecule has 3 heterocycles. The van der Waals surface area contributed by atoms with Crippen LogP contribution in [0.3, 0.4) is 0 Å². The van der Waals surface area contributed by atoms with Gasteiger partial charge < -0.3 is 25.2 Å². The van der Waals surface area contributed by atoms with Crippen LogP contribution in [0.2, 0.25) is 0 Å². The summed E-state index contributed by atoms with van der Waals surface area (Å²) in [6, 6.07) is 8.48. The summed E-state index contributed by atoms with van der Waals surface area (Å²) in [4.78, 5) is 13.8. The van der Waals surface area contributed by atoms with E-state index in [0.29, 0.717) is 5.95 Å². The van der Waals surface area contributed by atoms with Crippen molar-refractivity contribution >= 4 is 39.1 Å². The molecule has 0 aliphatic carbocycles. The van der Waals surface area contributed by atoms with E-state index in [-0.39, 0.29) is 6.10 Å². The summed E-state index contributed by atoms with van der Waals surface area (Å²) in [6.45, 7) is 5.96. The molecule has 4 rings (SSSR count). The number of rotatable bonds is 6. The van der Waals surface area contributed by atoms with E-state index in [9.17, 15) is 0 Å². The Hall–Kier alpha value is -1.90. The average Bonchev–Trinajstić information content (AvgIpc) is 3.23. The van der Waals surface area contributed by atoms with Crippen molar-refractivity contribution in [2.75, 3.05) is 61.9 Å². The van der Waals surface area contributed by atoms with Crippen LogP contribution in [0.4, 0.5) is 23.1 Å². The smallest absolute Gasteiger partial charge is 0.229 e. The SMILES string of the molecule is CN1CCN(c2ccc(Nc3ncc(Br)c(NCC4CCCO4)n3)cc2)CC1. The first-order valence-corrected chi connectivity index (χ1v) is 10.7. The quantitative estimate of drug-likeness (QED) is 0.705. The van der Waals surface area contributed by atoms with Crippen LogP contribution >= 0.6 is 15.9 Å². The third kappa shape index (κ3) is 4.92. The van der Waals surface area contributed by atoms with Crippen LogP contribution in [0.5, 0.6) is 0 Å². The van der Waals surface area contributed by atoms with Gasteiger partial charge in [-0.25, -0.2) is 4.98 Å². The lowest BCUT2D eigenvalue weighted by molar-refractivity contribution is 0.120. The fourth-order valence-electron chi connectivity index (χ4n) is 3.52. The van der Waals surface area contributed by atoms with Crippen LogP contribution in [0.15, 0.2) is 34.9 Å². The van der Waals surface area contributed by atoms with E-state index < -0.39 is 0 Å². The van der Waals surface area contributed by atoms with E-state index in [1.54, 1.807) is 6.20 Å². The summed E-state index contributed by atoms with van der Waals surface area (Å²) < 4.78 is 6.51. The lowest BCUT2D eigenvalue weighted by atomic mass is 10.2. The molecule has 8 heteroatoms. The van der Waals surface area contributed by atoms with Gasteiger partial charge in [0, 0.05) is 56.9 Å². The number of halogens is 1. The van der Waals surface area contributed by atoms with E-state index in [0.717, 1.165) is 68.2 Å². The molecule has 7 nitrogen and oxygen atoms in total. The van der Waals surface area contributed by atoms with Gasteiger partial charge in [-0.15, -0.1) is 0 Å². The van der Waals surface area contributed by atoms with Crippen molar-refractivity contribution in [3.05, 3.63) is 34.9 Å². The highest BCUT2D eigenvalue weighted by atomic mass is 79.9. The summed E-state index contributed by atoms with van der Waals surface area (Å²) in [5, 5.41) is 6.66. The normalized spacial score (nSPS) is 20.4. The van der Waals surface area contributed by atoms with Gasteiger partial charge in [0.15, 0.2) is 0 Å². The van der Waals surface area contributed by atoms with Gasteiger partial charge in [0.05, 0.1) is 10.6 Å². The number of anilines is 4. The molecule has 0 radical (unpaired) electrons. The minimum atomic E-state index is 0.264. The van der Waals surface area contributed by atoms with Crippen LogP contribution in [-0.4, -0.2) is 67.4 Å². The Morgan fingerprint density at radius 3 is 2.68 bits per heavy atom. The molecule has 28 heavy (non-hydrogen) atoms. The number of nitrogens with one attached hydrogen (secondary N) is 2. The number of benzene rings is 1. The number of hydrogen-bond acceptors (Lipinski definition) is 7. The Bertz CT molecular complexity index is 773. The molecule has 1 unspecified atom stereocenters. The maximum atomic E-state index is 5.66. The number of aromatic nitrogens is 2. The molecule has 1 aromatic carbocycles. The molecule has 2 saturated heterocycles. The van der Waals surface area contributed by atoms with Gasteiger partial charge in [-0.05, 0) is 60.1 Å². The Kier molecular flexibility index (Phi) is 6.29. The Balaban J connectivity index is 1.37. The molecule has 2 aliphatic heterocycles. The molecular formula is C20H27BrN6O. The zero-order valence-corrected chi connectivity index (χ0v) is 17.8. The third-order valence-electron chi connectivity index (χ3n) is 5.26. The first kappa shape index (κ1) is 19.4. The van der Waals surface area contributed by atoms with E-state index >= 15 is 0 Å². The van der Waals surface area contributed by atoms with Crippen LogP contribution in [0.1, 0.15) is 12.8 Å². The molecule has 2 aliphatic rings. The maximum absolute atomic E-state index is 5.66. The third-order valence-corrected chi connectivity index (χ3v) is 5.84. The molecule has 2 fully saturated rings. The van der Waals surface area contributed by atoms with Gasteiger partial charge in [0.1, 0.15) is 5.82 Å². The highest BCUT2D eigenvalue weighted by Gasteiger charge is 2.16. The molecule has 150 valence electrons. The van der Waals surface area contributed by atoms with Crippen LogP contribution in [0.25, 0.3) is 0 Å². The number of nitrogens with zero attached hydrogens (tertiary/aromatic N) is 4. The van der Waals surface area contributed by atoms with Crippen molar-refractivity contribution in [2.24, 2.45) is 0 Å². The topological polar surface area (TPSA) is 65.5 Å². The number of piperazine rings is 1. The molecular weight excluding hydrogens is 420 g/mol. The Morgan fingerprint density at radius 1 is 1.18 bits per heavy atom. The van der Waals surface area contributed by atoms with Gasteiger partial charge in [-0.1, -0.05) is 0 Å². The van der Waals surface area contributed by atoms with E-state index in [1.165, 1.54) is 5.69 Å². The van der Waals surface area contributed by atoms with Crippen molar-refractivity contribution in [2.45, 2.75) is 18.9 Å². The molecule has 1 atom stereocenters. The first-order valence-electron chi connectivity index (χ1n) is 9.86. The molecule has 2 aromatic rings. The monoisotopic (exact) mass is 446 g/mol. The van der Waals surface area contributed by atoms with Crippen molar-refractivity contribution < 1.29 is 4.74 Å². The second-order valence-electron chi connectivity index (χ2n) is 7.37. The van der Waals surface area contributed by atoms with Crippen LogP contribution in [0, 0.1) is 0 Å². The first-order chi connectivity index (χ1) is 13.7. The standard InChI is InChI=1S/C20H27BrN6O/c1-26-8-10-27(11-9-26)16-6-4-15(5-7-16)24-20-23-14-18(21)19(25-20)22-13-17-3-2-12-28-17/h4-7,14,17H,2-3,8-13H2,1H3,(H2,22,23,24,25). The van der Waals surface area contributed by atoms with Gasteiger partial charge in [0.25, 0.3) is 0 Å². The van der Waals surface area contributed by atoms with Gasteiger partial charge in [-0.2, -0.15) is 4.98 Å². The van der Waals surface area contributed by atoms with Gasteiger partial charge in [-0.3, -0.25) is 0 Å². The summed E-state index contributed by atoms with van der Waals surface area (Å²) in [5.74, 6) is 1.35. The van der Waals surface area contributed by atoms with Gasteiger partial charge in [0.2, 0.25) is 5.95 Å². The van der Waals surface area contributed by atoms with Gasteiger partial charge >= 0.3 is 0 Å². The fraction of sp³-hybridized carbons (Fsp3) is 0.500. The molecule has 2 N–H and O–H groups in total. The zero-order chi connectivity index (χ0) is 19.3. The molecule has 0 saturated carbocycles. The number of ether oxygens (including phenoxy) is 1. The minimum absolute atomic E-state index is 0.264. The lowest BCUT2D eigenvalue weighted by Crippen LogP contribution is -2.44. The Morgan fingerprint density at radius 2 is 1.96 bits per heavy atom. The zero-order valence-electron chi connectivity index (χ0n) is 16.2. The largest absolute Gasteiger partial charge is 0.376 e. The molecule has 0 bridgehead atoms. The van der Waals surface area contributed by atoms with E-state index in [4.69, 9.17) is 4.74 Å². The Labute approximate surface area is 174 Å². The van der Waals surface area contributed by atoms with Crippen molar-refractivity contribution in [1.82, 2.24) is 14.9 Å². The highest BCUT2D eigenvalue weighted by Crippen LogP contribution is 2.24. The lowest BCUT2D eigenvalue weighted by Gasteiger charge is -2.34. The maximum Gasteiger partial charge on any atom is 0.229 e. The average molecular weight is 447 g/mol. The van der Waals surface area contributed by atoms with E-state index in [1.807, 2.05) is 0 Å². The van der Waals surface area contributed by atoms with Crippen LogP contribution in [-0.2, 0) is 4.74 Å². The number of likely N-dealkylation sites (N-methyl/N-ethyl adjacent to an activating group) is 1. The summed E-state index contributed by atoms with van der Waals surface area (Å²) in [7, 11) is 2.17. The van der Waals surface area contributed by atoms with Crippen molar-refractivity contribution in [3.63, 3.8) is 0 Å². The summed E-state index contributed by atoms with van der Waals surface area (Å²) in [6.07, 6.45) is 4.26. The fourth-order valence-corrected chi connectivity index (χ4v) is 3.85. The second-order valence-corrected chi connectivity index (χ2v) is 8.22. The van der Waals surface area contributed by atoms with Crippen molar-refractivity contribution in [1.29, 1.82) is 0 Å². The second kappa shape index (κ2) is 9.07. The predicted octanol–water partition coefficient (Wildman–Crippen LogP) is 3.33. The summed E-state index contributed by atoms with van der Waals surface area (Å²) >= 11 is 3.52. The predicted molar refractivity (Wildman–Crippen MR) is 117 cm³/mol. The minimum Gasteiger partial charge on any atom is -0.376 e. The molecule has 0 spiro atoms. The van der Waals surface area contributed by atoms with Crippen molar-refractivity contribution in [3.8, 4) is 0 Å². The highest BCUT2D eigenvalue weighted by molar-refractivity contribution is 9.10. The van der Waals surface area contributed by atoms with E-state index in [2.05, 4.69) is 77.6 Å². The molecule has 1 aromatic heterocycles. The van der Waals surface area contributed by atoms with Crippen LogP contribution < -0.4 is 15.5 Å². The number of hydrogen-bond donors (Lipinski definition) is 2.